The Balaban J connectivity index is 1.66. The zero-order valence-electron chi connectivity index (χ0n) is 10.5. The number of piperidine rings is 1. The van der Waals surface area contributed by atoms with E-state index in [0.717, 1.165) is 38.9 Å². The first-order valence-corrected chi connectivity index (χ1v) is 6.59. The molecule has 0 aliphatic carbocycles. The Morgan fingerprint density at radius 1 is 1.33 bits per heavy atom. The first kappa shape index (κ1) is 11.7. The summed E-state index contributed by atoms with van der Waals surface area (Å²) in [6, 6.07) is 4.09. The van der Waals surface area contributed by atoms with Crippen LogP contribution in [-0.4, -0.2) is 34.5 Å². The van der Waals surface area contributed by atoms with Gasteiger partial charge in [0, 0.05) is 31.9 Å². The number of hydrogen-bond acceptors (Lipinski definition) is 4. The summed E-state index contributed by atoms with van der Waals surface area (Å²) in [7, 11) is 0. The van der Waals surface area contributed by atoms with Gasteiger partial charge in [-0.2, -0.15) is 0 Å². The standard InChI is InChI=1S/C14H18N2O2/c17-13-2-6-14(18-13)5-1-9-16(11-14)10-12-3-7-15-8-4-12/h3-4,7-8H,1-2,5-6,9-11H2/t14-/m0/s1. The molecule has 2 saturated heterocycles. The molecule has 0 amide bonds. The van der Waals surface area contributed by atoms with Gasteiger partial charge in [-0.15, -0.1) is 0 Å². The fraction of sp³-hybridized carbons (Fsp3) is 0.571. The number of aromatic nitrogens is 1. The van der Waals surface area contributed by atoms with Crippen molar-refractivity contribution in [3.05, 3.63) is 30.1 Å². The Bertz CT molecular complexity index is 435. The minimum atomic E-state index is -0.192. The lowest BCUT2D eigenvalue weighted by Crippen LogP contribution is -2.47. The van der Waals surface area contributed by atoms with Crippen molar-refractivity contribution in [2.45, 2.75) is 37.8 Å². The van der Waals surface area contributed by atoms with E-state index in [1.165, 1.54) is 5.56 Å². The third kappa shape index (κ3) is 2.38. The number of carbonyl (C=O) groups excluding carboxylic acids is 1. The van der Waals surface area contributed by atoms with Crippen LogP contribution in [0.2, 0.25) is 0 Å². The highest BCUT2D eigenvalue weighted by molar-refractivity contribution is 5.72. The lowest BCUT2D eigenvalue weighted by Gasteiger charge is -2.39. The van der Waals surface area contributed by atoms with Crippen LogP contribution in [0.4, 0.5) is 0 Å². The van der Waals surface area contributed by atoms with Gasteiger partial charge in [0.2, 0.25) is 0 Å². The molecule has 0 N–H and O–H groups in total. The van der Waals surface area contributed by atoms with Crippen molar-refractivity contribution >= 4 is 5.97 Å². The van der Waals surface area contributed by atoms with Gasteiger partial charge in [0.05, 0.1) is 0 Å². The molecule has 1 atom stereocenters. The predicted molar refractivity (Wildman–Crippen MR) is 66.8 cm³/mol. The van der Waals surface area contributed by atoms with Crippen molar-refractivity contribution in [2.75, 3.05) is 13.1 Å². The number of pyridine rings is 1. The van der Waals surface area contributed by atoms with E-state index in [2.05, 4.69) is 9.88 Å². The van der Waals surface area contributed by atoms with Crippen molar-refractivity contribution in [3.8, 4) is 0 Å². The number of likely N-dealkylation sites (tertiary alicyclic amines) is 1. The van der Waals surface area contributed by atoms with Crippen LogP contribution >= 0.6 is 0 Å². The fourth-order valence-electron chi connectivity index (χ4n) is 3.03. The average Bonchev–Trinajstić information content (AvgIpc) is 2.72. The molecule has 1 aromatic heterocycles. The van der Waals surface area contributed by atoms with Gasteiger partial charge in [0.1, 0.15) is 5.60 Å². The molecule has 18 heavy (non-hydrogen) atoms. The Kier molecular flexibility index (Phi) is 3.04. The highest BCUT2D eigenvalue weighted by Crippen LogP contribution is 2.35. The molecule has 4 nitrogen and oxygen atoms in total. The van der Waals surface area contributed by atoms with Gasteiger partial charge in [0.25, 0.3) is 0 Å². The zero-order valence-corrected chi connectivity index (χ0v) is 10.5. The molecule has 4 heteroatoms. The second-order valence-corrected chi connectivity index (χ2v) is 5.33. The normalized spacial score (nSPS) is 28.6. The molecule has 2 aliphatic heterocycles. The number of carbonyl (C=O) groups is 1. The Morgan fingerprint density at radius 2 is 2.17 bits per heavy atom. The number of nitrogens with zero attached hydrogens (tertiary/aromatic N) is 2. The molecule has 3 heterocycles. The second kappa shape index (κ2) is 4.69. The minimum absolute atomic E-state index is 0.0271. The quantitative estimate of drug-likeness (QED) is 0.746. The van der Waals surface area contributed by atoms with Crippen molar-refractivity contribution < 1.29 is 9.53 Å². The van der Waals surface area contributed by atoms with Crippen LogP contribution in [-0.2, 0) is 16.1 Å². The first-order valence-electron chi connectivity index (χ1n) is 6.59. The van der Waals surface area contributed by atoms with Crippen molar-refractivity contribution in [2.24, 2.45) is 0 Å². The van der Waals surface area contributed by atoms with Gasteiger partial charge in [-0.1, -0.05) is 0 Å². The van der Waals surface area contributed by atoms with Gasteiger partial charge in [-0.25, -0.2) is 0 Å². The maximum absolute atomic E-state index is 11.3. The topological polar surface area (TPSA) is 42.4 Å². The van der Waals surface area contributed by atoms with Crippen LogP contribution < -0.4 is 0 Å². The van der Waals surface area contributed by atoms with Gasteiger partial charge in [-0.05, 0) is 43.5 Å². The van der Waals surface area contributed by atoms with Crippen molar-refractivity contribution in [1.82, 2.24) is 9.88 Å². The van der Waals surface area contributed by atoms with E-state index in [9.17, 15) is 4.79 Å². The largest absolute Gasteiger partial charge is 0.458 e. The summed E-state index contributed by atoms with van der Waals surface area (Å²) < 4.78 is 5.56. The lowest BCUT2D eigenvalue weighted by atomic mass is 9.90. The Morgan fingerprint density at radius 3 is 2.89 bits per heavy atom. The van der Waals surface area contributed by atoms with E-state index < -0.39 is 0 Å². The Hall–Kier alpha value is -1.42. The lowest BCUT2D eigenvalue weighted by molar-refractivity contribution is -0.152. The molecule has 2 aliphatic rings. The van der Waals surface area contributed by atoms with Gasteiger partial charge < -0.3 is 4.74 Å². The van der Waals surface area contributed by atoms with Crippen LogP contribution in [0.1, 0.15) is 31.2 Å². The van der Waals surface area contributed by atoms with Gasteiger partial charge in [-0.3, -0.25) is 14.7 Å². The van der Waals surface area contributed by atoms with Crippen LogP contribution in [0.3, 0.4) is 0 Å². The summed E-state index contributed by atoms with van der Waals surface area (Å²) in [5, 5.41) is 0. The summed E-state index contributed by atoms with van der Waals surface area (Å²) in [5.41, 5.74) is 1.08. The molecule has 3 rings (SSSR count). The average molecular weight is 246 g/mol. The SMILES string of the molecule is O=C1CC[C@]2(CCCN(Cc3ccncc3)C2)O1. The van der Waals surface area contributed by atoms with Gasteiger partial charge in [0.15, 0.2) is 0 Å². The number of rotatable bonds is 2. The molecule has 0 saturated carbocycles. The molecule has 0 unspecified atom stereocenters. The summed E-state index contributed by atoms with van der Waals surface area (Å²) in [6.45, 7) is 2.88. The van der Waals surface area contributed by atoms with Crippen LogP contribution in [0, 0.1) is 0 Å². The van der Waals surface area contributed by atoms with E-state index in [1.54, 1.807) is 0 Å². The molecule has 1 aromatic rings. The van der Waals surface area contributed by atoms with E-state index in [-0.39, 0.29) is 11.6 Å². The minimum Gasteiger partial charge on any atom is -0.458 e. The van der Waals surface area contributed by atoms with Gasteiger partial charge >= 0.3 is 5.97 Å². The maximum Gasteiger partial charge on any atom is 0.306 e. The molecule has 0 aromatic carbocycles. The maximum atomic E-state index is 11.3. The molecular formula is C14H18N2O2. The fourth-order valence-corrected chi connectivity index (χ4v) is 3.03. The van der Waals surface area contributed by atoms with E-state index in [0.29, 0.717) is 6.42 Å². The number of ether oxygens (including phenoxy) is 1. The van der Waals surface area contributed by atoms with E-state index in [4.69, 9.17) is 4.74 Å². The monoisotopic (exact) mass is 246 g/mol. The van der Waals surface area contributed by atoms with Crippen LogP contribution in [0.25, 0.3) is 0 Å². The number of esters is 1. The third-order valence-electron chi connectivity index (χ3n) is 3.89. The highest BCUT2D eigenvalue weighted by atomic mass is 16.6. The van der Waals surface area contributed by atoms with Crippen LogP contribution in [0.5, 0.6) is 0 Å². The Labute approximate surface area is 107 Å². The summed E-state index contributed by atoms with van der Waals surface area (Å²) >= 11 is 0. The molecule has 0 radical (unpaired) electrons. The zero-order chi connectivity index (χ0) is 12.4. The third-order valence-corrected chi connectivity index (χ3v) is 3.89. The first-order chi connectivity index (χ1) is 8.76. The molecule has 2 fully saturated rings. The molecule has 1 spiro atoms. The highest BCUT2D eigenvalue weighted by Gasteiger charge is 2.43. The van der Waals surface area contributed by atoms with E-state index >= 15 is 0 Å². The van der Waals surface area contributed by atoms with Crippen molar-refractivity contribution in [1.29, 1.82) is 0 Å². The van der Waals surface area contributed by atoms with E-state index in [1.807, 2.05) is 24.5 Å². The summed E-state index contributed by atoms with van der Waals surface area (Å²) in [4.78, 5) is 17.8. The van der Waals surface area contributed by atoms with Crippen LogP contribution in [0.15, 0.2) is 24.5 Å². The summed E-state index contributed by atoms with van der Waals surface area (Å²) in [6.07, 6.45) is 7.25. The molecule has 0 bridgehead atoms. The smallest absolute Gasteiger partial charge is 0.306 e. The summed E-state index contributed by atoms with van der Waals surface area (Å²) in [5.74, 6) is -0.0271. The number of hydrogen-bond donors (Lipinski definition) is 0. The molecule has 96 valence electrons. The van der Waals surface area contributed by atoms with Crippen molar-refractivity contribution in [3.63, 3.8) is 0 Å². The second-order valence-electron chi connectivity index (χ2n) is 5.33. The molecular weight excluding hydrogens is 228 g/mol. The predicted octanol–water partition coefficient (Wildman–Crippen LogP) is 1.75.